The van der Waals surface area contributed by atoms with Crippen molar-refractivity contribution in [2.75, 3.05) is 36.6 Å². The Balaban J connectivity index is 1.47. The molecule has 1 aromatic carbocycles. The van der Waals surface area contributed by atoms with E-state index in [4.69, 9.17) is 19.2 Å². The molecule has 0 spiro atoms. The van der Waals surface area contributed by atoms with Crippen molar-refractivity contribution in [1.82, 2.24) is 15.0 Å². The van der Waals surface area contributed by atoms with Gasteiger partial charge in [-0.2, -0.15) is 5.26 Å². The molecule has 2 aromatic heterocycles. The molecule has 4 heterocycles. The molecule has 2 N–H and O–H groups in total. The highest BCUT2D eigenvalue weighted by atomic mass is 16.6. The molecule has 41 heavy (non-hydrogen) atoms. The van der Waals surface area contributed by atoms with Crippen LogP contribution in [0.25, 0.3) is 11.3 Å². The molecule has 2 aliphatic heterocycles. The molecule has 1 atom stereocenters. The lowest BCUT2D eigenvalue weighted by atomic mass is 9.83. The largest absolute Gasteiger partial charge is 0.473 e. The third kappa shape index (κ3) is 6.09. The first-order valence-electron chi connectivity index (χ1n) is 13.6. The summed E-state index contributed by atoms with van der Waals surface area (Å²) in [5, 5.41) is 23.7. The zero-order valence-corrected chi connectivity index (χ0v) is 23.7. The zero-order chi connectivity index (χ0) is 29.2. The van der Waals surface area contributed by atoms with E-state index in [0.29, 0.717) is 53.2 Å². The van der Waals surface area contributed by atoms with Crippen molar-refractivity contribution in [3.05, 3.63) is 53.9 Å². The number of aliphatic hydroxyl groups excluding tert-OH is 1. The van der Waals surface area contributed by atoms with E-state index in [2.05, 4.69) is 21.4 Å². The van der Waals surface area contributed by atoms with Gasteiger partial charge in [-0.1, -0.05) is 6.92 Å². The maximum atomic E-state index is 13.1. The van der Waals surface area contributed by atoms with Crippen LogP contribution in [0, 0.1) is 11.3 Å². The minimum Gasteiger partial charge on any atom is -0.473 e. The van der Waals surface area contributed by atoms with Crippen LogP contribution in [0.2, 0.25) is 0 Å². The number of pyridine rings is 1. The number of ether oxygens (including phenoxy) is 3. The highest BCUT2D eigenvalue weighted by molar-refractivity contribution is 5.95. The van der Waals surface area contributed by atoms with Gasteiger partial charge >= 0.3 is 6.09 Å². The number of nitrogens with one attached hydrogen (secondary N) is 1. The molecule has 11 nitrogen and oxygen atoms in total. The number of rotatable bonds is 6. The minimum absolute atomic E-state index is 0.0170. The topological polar surface area (TPSA) is 143 Å². The molecule has 0 aliphatic carbocycles. The van der Waals surface area contributed by atoms with Crippen LogP contribution < -0.4 is 15.0 Å². The first kappa shape index (κ1) is 28.3. The quantitative estimate of drug-likeness (QED) is 0.436. The number of carbonyl (C=O) groups is 1. The smallest absolute Gasteiger partial charge is 0.414 e. The van der Waals surface area contributed by atoms with Gasteiger partial charge in [0.1, 0.15) is 23.5 Å². The highest BCUT2D eigenvalue weighted by Crippen LogP contribution is 2.45. The molecule has 3 aromatic rings. The van der Waals surface area contributed by atoms with Gasteiger partial charge in [-0.25, -0.2) is 19.7 Å². The lowest BCUT2D eigenvalue weighted by molar-refractivity contribution is 0.0240. The van der Waals surface area contributed by atoms with E-state index < -0.39 is 17.1 Å². The Kier molecular flexibility index (Phi) is 7.80. The van der Waals surface area contributed by atoms with E-state index in [9.17, 15) is 15.2 Å². The van der Waals surface area contributed by atoms with Gasteiger partial charge in [0.2, 0.25) is 11.8 Å². The van der Waals surface area contributed by atoms with Crippen LogP contribution >= 0.6 is 0 Å². The number of hydrogen-bond donors (Lipinski definition) is 2. The van der Waals surface area contributed by atoms with E-state index in [1.807, 2.05) is 19.1 Å². The van der Waals surface area contributed by atoms with Gasteiger partial charge in [-0.05, 0) is 56.7 Å². The van der Waals surface area contributed by atoms with Gasteiger partial charge in [0.05, 0.1) is 36.8 Å². The second-order valence-electron chi connectivity index (χ2n) is 11.5. The van der Waals surface area contributed by atoms with Crippen LogP contribution in [0.15, 0.2) is 42.7 Å². The summed E-state index contributed by atoms with van der Waals surface area (Å²) in [4.78, 5) is 28.0. The van der Waals surface area contributed by atoms with E-state index in [1.165, 1.54) is 4.90 Å². The molecular formula is C30H34N6O5. The van der Waals surface area contributed by atoms with Crippen molar-refractivity contribution < 1.29 is 24.1 Å². The molecule has 1 fully saturated rings. The summed E-state index contributed by atoms with van der Waals surface area (Å²) >= 11 is 0. The van der Waals surface area contributed by atoms with Crippen LogP contribution in [0.1, 0.15) is 51.7 Å². The number of anilines is 3. The summed E-state index contributed by atoms with van der Waals surface area (Å²) in [7, 11) is 0. The average molecular weight is 559 g/mol. The number of fused-ring (bicyclic) bond motifs is 1. The maximum Gasteiger partial charge on any atom is 0.414 e. The Labute approximate surface area is 239 Å². The summed E-state index contributed by atoms with van der Waals surface area (Å²) in [5.41, 5.74) is 1.74. The second kappa shape index (κ2) is 11.3. The summed E-state index contributed by atoms with van der Waals surface area (Å²) in [6, 6.07) is 11.2. The van der Waals surface area contributed by atoms with Crippen molar-refractivity contribution in [3.63, 3.8) is 0 Å². The number of benzene rings is 1. The molecule has 0 radical (unpaired) electrons. The number of amides is 1. The zero-order valence-electron chi connectivity index (χ0n) is 23.7. The molecule has 2 aliphatic rings. The fourth-order valence-corrected chi connectivity index (χ4v) is 4.97. The summed E-state index contributed by atoms with van der Waals surface area (Å²) in [5.74, 6) is 0.783. The second-order valence-corrected chi connectivity index (χ2v) is 11.5. The summed E-state index contributed by atoms with van der Waals surface area (Å²) in [6.45, 7) is 8.48. The van der Waals surface area contributed by atoms with Crippen molar-refractivity contribution >= 4 is 23.4 Å². The molecule has 214 valence electrons. The lowest BCUT2D eigenvalue weighted by Gasteiger charge is -2.26. The minimum atomic E-state index is -0.798. The van der Waals surface area contributed by atoms with Gasteiger partial charge in [0, 0.05) is 42.8 Å². The van der Waals surface area contributed by atoms with Gasteiger partial charge < -0.3 is 24.6 Å². The summed E-state index contributed by atoms with van der Waals surface area (Å²) in [6.07, 6.45) is 4.33. The molecule has 0 saturated carbocycles. The monoisotopic (exact) mass is 558 g/mol. The number of nitriles is 1. The van der Waals surface area contributed by atoms with Crippen molar-refractivity contribution in [2.24, 2.45) is 0 Å². The van der Waals surface area contributed by atoms with Crippen LogP contribution in [-0.4, -0.2) is 64.2 Å². The molecule has 0 unspecified atom stereocenters. The van der Waals surface area contributed by atoms with Gasteiger partial charge in [0.25, 0.3) is 0 Å². The van der Waals surface area contributed by atoms with Crippen LogP contribution in [-0.2, 0) is 14.9 Å². The van der Waals surface area contributed by atoms with E-state index >= 15 is 0 Å². The van der Waals surface area contributed by atoms with Gasteiger partial charge in [0.15, 0.2) is 0 Å². The average Bonchev–Trinajstić information content (AvgIpc) is 3.27. The molecule has 0 bridgehead atoms. The van der Waals surface area contributed by atoms with E-state index in [-0.39, 0.29) is 24.8 Å². The maximum absolute atomic E-state index is 13.1. The van der Waals surface area contributed by atoms with Crippen LogP contribution in [0.4, 0.5) is 22.1 Å². The van der Waals surface area contributed by atoms with Crippen LogP contribution in [0.3, 0.4) is 0 Å². The normalized spacial score (nSPS) is 18.9. The predicted molar refractivity (Wildman–Crippen MR) is 152 cm³/mol. The molecule has 11 heteroatoms. The lowest BCUT2D eigenvalue weighted by Crippen LogP contribution is -2.40. The van der Waals surface area contributed by atoms with Crippen molar-refractivity contribution in [3.8, 4) is 23.2 Å². The summed E-state index contributed by atoms with van der Waals surface area (Å²) < 4.78 is 17.2. The van der Waals surface area contributed by atoms with E-state index in [0.717, 1.165) is 12.8 Å². The fraction of sp³-hybridized carbons (Fsp3) is 0.433. The van der Waals surface area contributed by atoms with Crippen molar-refractivity contribution in [2.45, 2.75) is 57.7 Å². The first-order valence-corrected chi connectivity index (χ1v) is 13.6. The Bertz CT molecular complexity index is 1480. The number of aromatic nitrogens is 3. The predicted octanol–water partition coefficient (Wildman–Crippen LogP) is 4.72. The van der Waals surface area contributed by atoms with Gasteiger partial charge in [-0.15, -0.1) is 0 Å². The molecule has 1 amide bonds. The Hall–Kier alpha value is -4.27. The molecule has 1 saturated heterocycles. The van der Waals surface area contributed by atoms with E-state index in [1.54, 1.807) is 51.4 Å². The Morgan fingerprint density at radius 3 is 2.73 bits per heavy atom. The van der Waals surface area contributed by atoms with Crippen molar-refractivity contribution in [1.29, 1.82) is 5.26 Å². The number of hydrogen-bond acceptors (Lipinski definition) is 10. The fourth-order valence-electron chi connectivity index (χ4n) is 4.97. The van der Waals surface area contributed by atoms with Crippen LogP contribution in [0.5, 0.6) is 5.88 Å². The molecule has 5 rings (SSSR count). The standard InChI is InChI=1S/C30H34N6O5/c1-29(2,3)41-28(38)36-17-30(4,18-37)22-15-19(14-20(16-31)25(22)36)23-7-11-33-27(34-23)35-24-6-5-10-32-26(24)40-21-8-12-39-13-9-21/h5-7,10-11,14-15,21,37H,8-9,12-13,17-18H2,1-4H3,(H,33,34,35)/t30-/m1/s1. The third-order valence-electron chi connectivity index (χ3n) is 7.04. The number of nitrogens with zero attached hydrogens (tertiary/aromatic N) is 5. The molecular weight excluding hydrogens is 524 g/mol. The Morgan fingerprint density at radius 1 is 1.24 bits per heavy atom. The highest BCUT2D eigenvalue weighted by Gasteiger charge is 2.44. The van der Waals surface area contributed by atoms with Gasteiger partial charge in [-0.3, -0.25) is 4.90 Å². The SMILES string of the molecule is CC(C)(C)OC(=O)N1C[C@](C)(CO)c2cc(-c3ccnc(Nc4cccnc4OC4CCOCC4)n3)cc(C#N)c21. The first-order chi connectivity index (χ1) is 19.6. The Morgan fingerprint density at radius 2 is 2.02 bits per heavy atom. The number of carbonyl (C=O) groups excluding carboxylic acids is 1. The third-order valence-corrected chi connectivity index (χ3v) is 7.04. The number of aliphatic hydroxyl groups is 1.